The van der Waals surface area contributed by atoms with Crippen LogP contribution in [0.2, 0.25) is 0 Å². The molecule has 0 unspecified atom stereocenters. The smallest absolute Gasteiger partial charge is 0.244 e. The summed E-state index contributed by atoms with van der Waals surface area (Å²) in [6, 6.07) is 13.5. The van der Waals surface area contributed by atoms with Crippen molar-refractivity contribution in [2.45, 2.75) is 65.6 Å². The van der Waals surface area contributed by atoms with Crippen LogP contribution in [0.3, 0.4) is 0 Å². The number of carbonyl (C=O) groups is 2. The molecule has 0 saturated carbocycles. The molecule has 36 heavy (non-hydrogen) atoms. The van der Waals surface area contributed by atoms with Crippen molar-refractivity contribution in [2.75, 3.05) is 24.2 Å². The Hall–Kier alpha value is -3.07. The Labute approximate surface area is 215 Å². The first-order chi connectivity index (χ1) is 17.0. The van der Waals surface area contributed by atoms with Gasteiger partial charge >= 0.3 is 0 Å². The number of anilines is 1. The number of rotatable bonds is 13. The maximum atomic E-state index is 13.7. The van der Waals surface area contributed by atoms with Crippen molar-refractivity contribution in [1.82, 2.24) is 10.2 Å². The van der Waals surface area contributed by atoms with Gasteiger partial charge in [-0.1, -0.05) is 45.0 Å². The number of nitrogens with zero attached hydrogens (tertiary/aromatic N) is 2. The predicted molar refractivity (Wildman–Crippen MR) is 144 cm³/mol. The minimum Gasteiger partial charge on any atom is -0.497 e. The number of hydrogen-bond donors (Lipinski definition) is 1. The molecule has 2 atom stereocenters. The van der Waals surface area contributed by atoms with E-state index in [1.807, 2.05) is 52.0 Å². The highest BCUT2D eigenvalue weighted by Crippen LogP contribution is 2.22. The molecule has 0 aliphatic rings. The molecule has 2 amide bonds. The molecule has 0 radical (unpaired) electrons. The van der Waals surface area contributed by atoms with Gasteiger partial charge in [0.05, 0.1) is 19.1 Å². The summed E-state index contributed by atoms with van der Waals surface area (Å²) in [5.41, 5.74) is 2.24. The lowest BCUT2D eigenvalue weighted by Gasteiger charge is -2.33. The third-order valence-corrected chi connectivity index (χ3v) is 7.33. The lowest BCUT2D eigenvalue weighted by atomic mass is 10.1. The molecule has 0 aromatic heterocycles. The number of nitrogens with one attached hydrogen (secondary N) is 1. The molecular formula is C27H39N3O5S. The molecule has 198 valence electrons. The van der Waals surface area contributed by atoms with Gasteiger partial charge in [0.1, 0.15) is 18.3 Å². The first-order valence-electron chi connectivity index (χ1n) is 12.3. The highest BCUT2D eigenvalue weighted by molar-refractivity contribution is 7.92. The van der Waals surface area contributed by atoms with Crippen molar-refractivity contribution in [3.05, 3.63) is 59.7 Å². The molecule has 2 rings (SSSR count). The Kier molecular flexibility index (Phi) is 10.8. The highest BCUT2D eigenvalue weighted by atomic mass is 32.2. The van der Waals surface area contributed by atoms with E-state index in [-0.39, 0.29) is 18.5 Å². The SMILES string of the molecule is CCc1ccc(N(CC(=O)N(Cc2cccc(OC)c2)[C@H](CC)C(=O)N[C@H](C)CC)S(C)(=O)=O)cc1. The molecule has 0 bridgehead atoms. The summed E-state index contributed by atoms with van der Waals surface area (Å²) in [6.07, 6.45) is 3.02. The van der Waals surface area contributed by atoms with Gasteiger partial charge in [0.15, 0.2) is 0 Å². The van der Waals surface area contributed by atoms with E-state index in [1.54, 1.807) is 31.4 Å². The van der Waals surface area contributed by atoms with Gasteiger partial charge in [-0.15, -0.1) is 0 Å². The topological polar surface area (TPSA) is 96.0 Å². The molecule has 0 aliphatic heterocycles. The van der Waals surface area contributed by atoms with Crippen molar-refractivity contribution in [3.63, 3.8) is 0 Å². The van der Waals surface area contributed by atoms with Gasteiger partial charge in [-0.25, -0.2) is 8.42 Å². The van der Waals surface area contributed by atoms with Crippen molar-refractivity contribution < 1.29 is 22.7 Å². The summed E-state index contributed by atoms with van der Waals surface area (Å²) in [7, 11) is -2.20. The Morgan fingerprint density at radius 2 is 1.67 bits per heavy atom. The highest BCUT2D eigenvalue weighted by Gasteiger charge is 2.32. The Bertz CT molecular complexity index is 1120. The molecule has 2 aromatic carbocycles. The number of sulfonamides is 1. The summed E-state index contributed by atoms with van der Waals surface area (Å²) < 4.78 is 31.8. The average molecular weight is 518 g/mol. The van der Waals surface area contributed by atoms with E-state index in [9.17, 15) is 18.0 Å². The number of amides is 2. The summed E-state index contributed by atoms with van der Waals surface area (Å²) >= 11 is 0. The Morgan fingerprint density at radius 1 is 1.00 bits per heavy atom. The zero-order valence-electron chi connectivity index (χ0n) is 22.2. The second-order valence-corrected chi connectivity index (χ2v) is 10.8. The number of benzene rings is 2. The molecule has 0 saturated heterocycles. The fourth-order valence-electron chi connectivity index (χ4n) is 3.84. The molecule has 8 nitrogen and oxygen atoms in total. The lowest BCUT2D eigenvalue weighted by Crippen LogP contribution is -2.53. The molecule has 1 N–H and O–H groups in total. The van der Waals surface area contributed by atoms with Crippen LogP contribution in [-0.2, 0) is 32.6 Å². The second-order valence-electron chi connectivity index (χ2n) is 8.90. The van der Waals surface area contributed by atoms with Crippen LogP contribution >= 0.6 is 0 Å². The summed E-state index contributed by atoms with van der Waals surface area (Å²) in [5, 5.41) is 2.96. The van der Waals surface area contributed by atoms with Crippen LogP contribution in [0.1, 0.15) is 51.7 Å². The summed E-state index contributed by atoms with van der Waals surface area (Å²) in [4.78, 5) is 28.4. The zero-order valence-corrected chi connectivity index (χ0v) is 23.0. The summed E-state index contributed by atoms with van der Waals surface area (Å²) in [5.74, 6) is -0.0963. The molecule has 0 heterocycles. The summed E-state index contributed by atoms with van der Waals surface area (Å²) in [6.45, 7) is 7.45. The molecule has 0 fully saturated rings. The number of carbonyl (C=O) groups excluding carboxylic acids is 2. The third-order valence-electron chi connectivity index (χ3n) is 6.19. The monoisotopic (exact) mass is 517 g/mol. The predicted octanol–water partition coefficient (Wildman–Crippen LogP) is 3.75. The van der Waals surface area contributed by atoms with E-state index < -0.39 is 28.5 Å². The third kappa shape index (κ3) is 7.98. The quantitative estimate of drug-likeness (QED) is 0.437. The Balaban J connectivity index is 2.44. The standard InChI is InChI=1S/C27H39N3O5S/c1-7-20(4)28-27(32)25(9-3)29(18-22-11-10-12-24(17-22)35-5)26(31)19-30(36(6,33)34)23-15-13-21(8-2)14-16-23/h10-17,20,25H,7-9,18-19H2,1-6H3,(H,28,32)/t20-,25-/m1/s1. The molecule has 2 aromatic rings. The van der Waals surface area contributed by atoms with E-state index >= 15 is 0 Å². The largest absolute Gasteiger partial charge is 0.497 e. The van der Waals surface area contributed by atoms with E-state index in [4.69, 9.17) is 4.74 Å². The number of hydrogen-bond acceptors (Lipinski definition) is 5. The molecule has 0 spiro atoms. The maximum absolute atomic E-state index is 13.7. The van der Waals surface area contributed by atoms with E-state index in [1.165, 1.54) is 4.90 Å². The van der Waals surface area contributed by atoms with Crippen LogP contribution in [0.5, 0.6) is 5.75 Å². The zero-order chi connectivity index (χ0) is 26.9. The lowest BCUT2D eigenvalue weighted by molar-refractivity contribution is -0.140. The van der Waals surface area contributed by atoms with Crippen molar-refractivity contribution in [3.8, 4) is 5.75 Å². The molecule has 9 heteroatoms. The van der Waals surface area contributed by atoms with Crippen molar-refractivity contribution in [1.29, 1.82) is 0 Å². The number of aryl methyl sites for hydroxylation is 1. The average Bonchev–Trinajstić information content (AvgIpc) is 2.86. The second kappa shape index (κ2) is 13.3. The van der Waals surface area contributed by atoms with Gasteiger partial charge in [-0.3, -0.25) is 13.9 Å². The maximum Gasteiger partial charge on any atom is 0.244 e. The van der Waals surface area contributed by atoms with Crippen LogP contribution in [-0.4, -0.2) is 57.1 Å². The van der Waals surface area contributed by atoms with Gasteiger partial charge in [0.25, 0.3) is 0 Å². The molecule has 0 aliphatic carbocycles. The first kappa shape index (κ1) is 29.2. The van der Waals surface area contributed by atoms with Crippen molar-refractivity contribution >= 4 is 27.5 Å². The van der Waals surface area contributed by atoms with Crippen molar-refractivity contribution in [2.24, 2.45) is 0 Å². The Morgan fingerprint density at radius 3 is 2.19 bits per heavy atom. The molecular weight excluding hydrogens is 478 g/mol. The van der Waals surface area contributed by atoms with E-state index in [2.05, 4.69) is 5.32 Å². The number of ether oxygens (including phenoxy) is 1. The minimum absolute atomic E-state index is 0.0510. The van der Waals surface area contributed by atoms with Crippen LogP contribution in [0, 0.1) is 0 Å². The number of methoxy groups -OCH3 is 1. The fourth-order valence-corrected chi connectivity index (χ4v) is 4.69. The van der Waals surface area contributed by atoms with Gasteiger partial charge in [-0.2, -0.15) is 0 Å². The first-order valence-corrected chi connectivity index (χ1v) is 14.2. The van der Waals surface area contributed by atoms with Gasteiger partial charge < -0.3 is 15.0 Å². The van der Waals surface area contributed by atoms with E-state index in [0.717, 1.165) is 34.5 Å². The van der Waals surface area contributed by atoms with Gasteiger partial charge in [0.2, 0.25) is 21.8 Å². The normalized spacial score (nSPS) is 12.9. The minimum atomic E-state index is -3.76. The van der Waals surface area contributed by atoms with Crippen LogP contribution in [0.15, 0.2) is 48.5 Å². The van der Waals surface area contributed by atoms with Gasteiger partial charge in [-0.05, 0) is 61.6 Å². The van der Waals surface area contributed by atoms with Crippen LogP contribution in [0.25, 0.3) is 0 Å². The van der Waals surface area contributed by atoms with Gasteiger partial charge in [0, 0.05) is 12.6 Å². The van der Waals surface area contributed by atoms with E-state index in [0.29, 0.717) is 17.9 Å². The van der Waals surface area contributed by atoms with Crippen LogP contribution in [0.4, 0.5) is 5.69 Å². The fraction of sp³-hybridized carbons (Fsp3) is 0.481. The van der Waals surface area contributed by atoms with Crippen LogP contribution < -0.4 is 14.4 Å².